The quantitative estimate of drug-likeness (QED) is 0.0843. The lowest BCUT2D eigenvalue weighted by atomic mass is 9.95. The molecule has 1 aromatic rings. The highest BCUT2D eigenvalue weighted by molar-refractivity contribution is 9.11. The Morgan fingerprint density at radius 3 is 2.00 bits per heavy atom. The van der Waals surface area contributed by atoms with Crippen molar-refractivity contribution < 1.29 is 57.8 Å². The maximum atomic E-state index is 14.8. The van der Waals surface area contributed by atoms with Crippen molar-refractivity contribution >= 4 is 118 Å². The van der Waals surface area contributed by atoms with Crippen LogP contribution in [0.5, 0.6) is 5.75 Å². The number of nitrogens with one attached hydrogen (secondary N) is 7. The van der Waals surface area contributed by atoms with Gasteiger partial charge in [0.05, 0.1) is 21.9 Å². The SMILES string of the molecule is CC[C@H](C)[C@@H]1NC(=O)[C@H](Cc2cc(Br)c(O)c(Br)c2)NC(=O)CC(CC)(CC)SSC[C@@H](C(=O)N2CCC[C@H]2C(=O)N[C@@H](CC(C)C)C(=O)NCC(N)=O)NC(=O)[C@H](CC(N)=O)NC(=O)[C@H](CCC(N)=O)NC1=O. The molecule has 74 heavy (non-hydrogen) atoms. The van der Waals surface area contributed by atoms with Crippen LogP contribution in [0, 0.1) is 11.8 Å². The zero-order chi connectivity index (χ0) is 55.6. The van der Waals surface area contributed by atoms with Crippen LogP contribution >= 0.6 is 53.4 Å². The van der Waals surface area contributed by atoms with Crippen molar-refractivity contribution in [2.45, 2.75) is 159 Å². The third kappa shape index (κ3) is 19.2. The number of aromatic hydroxyl groups is 1. The van der Waals surface area contributed by atoms with E-state index in [1.54, 1.807) is 26.0 Å². The maximum Gasteiger partial charge on any atom is 0.246 e. The number of nitrogens with zero attached hydrogens (tertiary/aromatic N) is 1. The van der Waals surface area contributed by atoms with Crippen LogP contribution in [0.1, 0.15) is 111 Å². The number of carbonyl (C=O) groups is 11. The Kier molecular flexibility index (Phi) is 25.4. The first-order valence-electron chi connectivity index (χ1n) is 24.5. The average molecular weight is 1210 g/mol. The van der Waals surface area contributed by atoms with Crippen molar-refractivity contribution in [1.82, 2.24) is 42.1 Å². The molecule has 0 saturated carbocycles. The minimum absolute atomic E-state index is 0.0605. The lowest BCUT2D eigenvalue weighted by Gasteiger charge is -2.33. The number of hydrogen-bond donors (Lipinski definition) is 11. The molecule has 412 valence electrons. The highest BCUT2D eigenvalue weighted by Crippen LogP contribution is 2.44. The smallest absolute Gasteiger partial charge is 0.246 e. The van der Waals surface area contributed by atoms with Crippen molar-refractivity contribution in [3.05, 3.63) is 26.6 Å². The third-order valence-corrected chi connectivity index (χ3v) is 17.5. The monoisotopic (exact) mass is 1200 g/mol. The van der Waals surface area contributed by atoms with Crippen LogP contribution < -0.4 is 54.4 Å². The summed E-state index contributed by atoms with van der Waals surface area (Å²) < 4.78 is -0.235. The fourth-order valence-corrected chi connectivity index (χ4v) is 12.9. The first-order valence-corrected chi connectivity index (χ1v) is 28.4. The average Bonchev–Trinajstić information content (AvgIpc) is 3.83. The van der Waals surface area contributed by atoms with E-state index in [0.29, 0.717) is 40.2 Å². The first-order chi connectivity index (χ1) is 34.7. The Morgan fingerprint density at radius 2 is 1.43 bits per heavy atom. The van der Waals surface area contributed by atoms with Gasteiger partial charge in [-0.1, -0.05) is 69.6 Å². The summed E-state index contributed by atoms with van der Waals surface area (Å²) in [5.41, 5.74) is 16.8. The Morgan fingerprint density at radius 1 is 0.824 bits per heavy atom. The third-order valence-electron chi connectivity index (χ3n) is 12.8. The van der Waals surface area contributed by atoms with Crippen LogP contribution in [0.4, 0.5) is 0 Å². The van der Waals surface area contributed by atoms with E-state index in [1.165, 1.54) is 15.7 Å². The normalized spacial score (nSPS) is 23.2. The highest BCUT2D eigenvalue weighted by Gasteiger charge is 2.42. The molecule has 2 heterocycles. The highest BCUT2D eigenvalue weighted by atomic mass is 79.9. The Hall–Kier alpha value is -5.15. The van der Waals surface area contributed by atoms with E-state index >= 15 is 0 Å². The van der Waals surface area contributed by atoms with Crippen molar-refractivity contribution in [1.29, 1.82) is 0 Å². The van der Waals surface area contributed by atoms with Crippen LogP contribution in [-0.4, -0.2) is 141 Å². The molecule has 8 atom stereocenters. The molecule has 0 aliphatic carbocycles. The van der Waals surface area contributed by atoms with Gasteiger partial charge in [0.1, 0.15) is 48.0 Å². The zero-order valence-corrected chi connectivity index (χ0v) is 47.2. The number of benzene rings is 1. The van der Waals surface area contributed by atoms with Crippen molar-refractivity contribution in [2.24, 2.45) is 29.0 Å². The van der Waals surface area contributed by atoms with E-state index in [0.717, 1.165) is 10.8 Å². The predicted octanol–water partition coefficient (Wildman–Crippen LogP) is 0.538. The summed E-state index contributed by atoms with van der Waals surface area (Å²) in [6.45, 7) is 10.4. The summed E-state index contributed by atoms with van der Waals surface area (Å²) in [6.07, 6.45) is 0.0179. The number of primary amides is 3. The van der Waals surface area contributed by atoms with Crippen molar-refractivity contribution in [2.75, 3.05) is 18.8 Å². The lowest BCUT2D eigenvalue weighted by molar-refractivity contribution is -0.142. The molecule has 27 heteroatoms. The lowest BCUT2D eigenvalue weighted by Crippen LogP contribution is -2.61. The van der Waals surface area contributed by atoms with Gasteiger partial charge < -0.3 is 64.4 Å². The number of halogens is 2. The topological polar surface area (TPSA) is 374 Å². The molecular weight excluding hydrogens is 1130 g/mol. The van der Waals surface area contributed by atoms with Crippen LogP contribution in [0.15, 0.2) is 21.1 Å². The van der Waals surface area contributed by atoms with Gasteiger partial charge in [-0.2, -0.15) is 0 Å². The summed E-state index contributed by atoms with van der Waals surface area (Å²) in [5, 5.41) is 28.8. The molecule has 11 amide bonds. The van der Waals surface area contributed by atoms with Crippen LogP contribution in [0.25, 0.3) is 0 Å². The molecular formula is C47H71Br2N11O12S2. The summed E-state index contributed by atoms with van der Waals surface area (Å²) in [7, 11) is 2.40. The summed E-state index contributed by atoms with van der Waals surface area (Å²) in [4.78, 5) is 151. The second kappa shape index (κ2) is 29.8. The number of phenols is 1. The molecule has 1 aromatic carbocycles. The number of phenolic OH excluding ortho intramolecular Hbond substituents is 1. The zero-order valence-electron chi connectivity index (χ0n) is 42.4. The molecule has 0 unspecified atom stereocenters. The van der Waals surface area contributed by atoms with Crippen LogP contribution in [0.2, 0.25) is 0 Å². The fraction of sp³-hybridized carbons (Fsp3) is 0.638. The van der Waals surface area contributed by atoms with Gasteiger partial charge in [0.15, 0.2) is 0 Å². The van der Waals surface area contributed by atoms with Gasteiger partial charge in [-0.15, -0.1) is 0 Å². The molecule has 0 bridgehead atoms. The van der Waals surface area contributed by atoms with E-state index in [9.17, 15) is 57.8 Å². The second-order valence-electron chi connectivity index (χ2n) is 19.0. The molecule has 2 aliphatic rings. The van der Waals surface area contributed by atoms with Gasteiger partial charge in [0.2, 0.25) is 65.0 Å². The molecule has 14 N–H and O–H groups in total. The molecule has 3 rings (SSSR count). The van der Waals surface area contributed by atoms with Gasteiger partial charge in [0, 0.05) is 36.3 Å². The van der Waals surface area contributed by atoms with E-state index < -0.39 is 144 Å². The van der Waals surface area contributed by atoms with Gasteiger partial charge in [-0.25, -0.2) is 0 Å². The molecule has 0 radical (unpaired) electrons. The minimum atomic E-state index is -1.75. The molecule has 2 fully saturated rings. The van der Waals surface area contributed by atoms with Crippen LogP contribution in [0.3, 0.4) is 0 Å². The molecule has 2 aliphatic heterocycles. The largest absolute Gasteiger partial charge is 0.506 e. The van der Waals surface area contributed by atoms with Gasteiger partial charge in [-0.05, 0) is 99.9 Å². The number of amides is 11. The number of hydrogen-bond acceptors (Lipinski definition) is 14. The van der Waals surface area contributed by atoms with Crippen LogP contribution in [-0.2, 0) is 59.2 Å². The second-order valence-corrected chi connectivity index (χ2v) is 23.5. The van der Waals surface area contributed by atoms with E-state index in [1.807, 2.05) is 27.7 Å². The fourth-order valence-electron chi connectivity index (χ4n) is 8.27. The summed E-state index contributed by atoms with van der Waals surface area (Å²) in [5.74, 6) is -9.94. The number of rotatable bonds is 19. The number of nitrogens with two attached hydrogens (primary N) is 3. The molecule has 2 saturated heterocycles. The minimum Gasteiger partial charge on any atom is -0.506 e. The number of carbonyl (C=O) groups excluding carboxylic acids is 11. The van der Waals surface area contributed by atoms with E-state index in [4.69, 9.17) is 17.2 Å². The standard InChI is InChI=1S/C47H71Br2N11O12S2/c1-7-24(6)38-45(71)55-28(12-13-34(50)61)41(67)56-31(19-35(51)62)42(68)58-32(46(72)60-14-10-11-33(60)44(70)57-29(15-23(4)5)40(66)53-21-36(52)63)22-73-74-47(8-2,9-3)20-37(64)54-30(43(69)59-38)18-25-16-26(48)39(65)27(49)17-25/h16-17,23-24,28-33,38,65H,7-15,18-22H2,1-6H3,(H2,50,61)(H2,51,62)(H2,52,63)(H,53,66)(H,54,64)(H,55,71)(H,56,67)(H,57,70)(H,58,68)(H,59,69)/t24-,28-,29-,30-,31-,32-,33-,38-/m0/s1. The maximum absolute atomic E-state index is 14.8. The van der Waals surface area contributed by atoms with Crippen molar-refractivity contribution in [3.63, 3.8) is 0 Å². The summed E-state index contributed by atoms with van der Waals surface area (Å²) in [6, 6.07) is -6.48. The molecule has 0 spiro atoms. The Balaban J connectivity index is 2.17. The molecule has 0 aromatic heterocycles. The first kappa shape index (κ1) is 63.1. The van der Waals surface area contributed by atoms with E-state index in [2.05, 4.69) is 69.1 Å². The summed E-state index contributed by atoms with van der Waals surface area (Å²) >= 11 is 6.62. The molecule has 23 nitrogen and oxygen atoms in total. The Bertz CT molecular complexity index is 2230. The van der Waals surface area contributed by atoms with Gasteiger partial charge >= 0.3 is 0 Å². The van der Waals surface area contributed by atoms with Crippen molar-refractivity contribution in [3.8, 4) is 5.75 Å². The Labute approximate surface area is 455 Å². The van der Waals surface area contributed by atoms with E-state index in [-0.39, 0.29) is 49.6 Å². The van der Waals surface area contributed by atoms with Gasteiger partial charge in [-0.3, -0.25) is 52.7 Å². The van der Waals surface area contributed by atoms with Gasteiger partial charge in [0.25, 0.3) is 0 Å². The number of likely N-dealkylation sites (tertiary alicyclic amines) is 1. The predicted molar refractivity (Wildman–Crippen MR) is 285 cm³/mol.